The second-order valence-corrected chi connectivity index (χ2v) is 6.04. The predicted molar refractivity (Wildman–Crippen MR) is 86.7 cm³/mol. The van der Waals surface area contributed by atoms with Gasteiger partial charge in [0.1, 0.15) is 0 Å². The zero-order valence-electron chi connectivity index (χ0n) is 13.0. The molecule has 0 saturated carbocycles. The summed E-state index contributed by atoms with van der Waals surface area (Å²) in [6.07, 6.45) is -0.322. The summed E-state index contributed by atoms with van der Waals surface area (Å²) in [7, 11) is 0. The van der Waals surface area contributed by atoms with Crippen molar-refractivity contribution in [3.8, 4) is 0 Å². The van der Waals surface area contributed by atoms with E-state index in [4.69, 9.17) is 0 Å². The molecule has 1 saturated heterocycles. The molecule has 0 aliphatic carbocycles. The number of para-hydroxylation sites is 1. The molecule has 2 aromatic rings. The first-order valence-electron chi connectivity index (χ1n) is 7.82. The minimum absolute atomic E-state index is 0.322. The van der Waals surface area contributed by atoms with Crippen molar-refractivity contribution in [2.24, 2.45) is 0 Å². The molecule has 1 aliphatic heterocycles. The molecule has 2 heterocycles. The van der Waals surface area contributed by atoms with E-state index < -0.39 is 0 Å². The van der Waals surface area contributed by atoms with E-state index in [2.05, 4.69) is 52.9 Å². The average Bonchev–Trinajstić information content (AvgIpc) is 2.74. The molecular weight excluding hydrogens is 262 g/mol. The zero-order valence-corrected chi connectivity index (χ0v) is 13.0. The smallest absolute Gasteiger partial charge is 0.0845 e. The highest BCUT2D eigenvalue weighted by Gasteiger charge is 2.17. The lowest BCUT2D eigenvalue weighted by Gasteiger charge is -2.29. The molecule has 0 bridgehead atoms. The van der Waals surface area contributed by atoms with Crippen molar-refractivity contribution >= 4 is 10.9 Å². The molecule has 0 radical (unpaired) electrons. The number of hydrogen-bond acceptors (Lipinski definition) is 3. The first-order chi connectivity index (χ1) is 10.2. The fourth-order valence-corrected chi connectivity index (χ4v) is 3.30. The lowest BCUT2D eigenvalue weighted by atomic mass is 10.2. The van der Waals surface area contributed by atoms with E-state index in [1.807, 2.05) is 0 Å². The Morgan fingerprint density at radius 1 is 1.14 bits per heavy atom. The molecule has 0 amide bonds. The van der Waals surface area contributed by atoms with Crippen LogP contribution in [0.1, 0.15) is 11.3 Å². The minimum atomic E-state index is -0.322. The molecule has 114 valence electrons. The predicted octanol–water partition coefficient (Wildman–Crippen LogP) is 1.52. The Balaban J connectivity index is 1.76. The largest absolute Gasteiger partial charge is 0.390 e. The average molecular weight is 287 g/mol. The van der Waals surface area contributed by atoms with E-state index in [0.717, 1.165) is 32.7 Å². The number of aryl methyl sites for hydroxylation is 1. The number of nitrogens with zero attached hydrogens (tertiary/aromatic N) is 2. The van der Waals surface area contributed by atoms with E-state index in [1.54, 1.807) is 0 Å². The summed E-state index contributed by atoms with van der Waals surface area (Å²) in [4.78, 5) is 2.34. The molecular formula is C17H25N3O. The SMILES string of the molecule is Cc1c(C)n(C[C@H](O)CN2CCNCC2)c2ccccc12. The van der Waals surface area contributed by atoms with Gasteiger partial charge in [0.25, 0.3) is 0 Å². The summed E-state index contributed by atoms with van der Waals surface area (Å²) in [6, 6.07) is 8.46. The summed E-state index contributed by atoms with van der Waals surface area (Å²) in [5.74, 6) is 0. The number of benzene rings is 1. The van der Waals surface area contributed by atoms with Crippen LogP contribution in [0.5, 0.6) is 0 Å². The van der Waals surface area contributed by atoms with Gasteiger partial charge in [0.05, 0.1) is 12.6 Å². The monoisotopic (exact) mass is 287 g/mol. The summed E-state index contributed by atoms with van der Waals surface area (Å²) < 4.78 is 2.26. The third kappa shape index (κ3) is 2.98. The van der Waals surface area contributed by atoms with Crippen LogP contribution in [-0.2, 0) is 6.54 Å². The van der Waals surface area contributed by atoms with Crippen molar-refractivity contribution in [3.63, 3.8) is 0 Å². The van der Waals surface area contributed by atoms with Gasteiger partial charge in [-0.05, 0) is 25.5 Å². The summed E-state index contributed by atoms with van der Waals surface area (Å²) in [6.45, 7) is 9.85. The Morgan fingerprint density at radius 2 is 1.86 bits per heavy atom. The third-order valence-electron chi connectivity index (χ3n) is 4.62. The highest BCUT2D eigenvalue weighted by Crippen LogP contribution is 2.25. The summed E-state index contributed by atoms with van der Waals surface area (Å²) in [5, 5.41) is 15.1. The third-order valence-corrected chi connectivity index (χ3v) is 4.62. The van der Waals surface area contributed by atoms with Gasteiger partial charge >= 0.3 is 0 Å². The van der Waals surface area contributed by atoms with Crippen molar-refractivity contribution in [3.05, 3.63) is 35.5 Å². The van der Waals surface area contributed by atoms with Gasteiger partial charge in [-0.2, -0.15) is 0 Å². The normalized spacial score (nSPS) is 18.2. The number of aromatic nitrogens is 1. The quantitative estimate of drug-likeness (QED) is 0.896. The molecule has 21 heavy (non-hydrogen) atoms. The summed E-state index contributed by atoms with van der Waals surface area (Å²) >= 11 is 0. The highest BCUT2D eigenvalue weighted by molar-refractivity contribution is 5.85. The molecule has 0 spiro atoms. The Labute approximate surface area is 126 Å². The van der Waals surface area contributed by atoms with Crippen LogP contribution in [0.15, 0.2) is 24.3 Å². The Bertz CT molecular complexity index is 614. The van der Waals surface area contributed by atoms with Crippen LogP contribution in [0.3, 0.4) is 0 Å². The number of aliphatic hydroxyl groups is 1. The van der Waals surface area contributed by atoms with Crippen molar-refractivity contribution in [1.29, 1.82) is 0 Å². The minimum Gasteiger partial charge on any atom is -0.390 e. The van der Waals surface area contributed by atoms with Crippen molar-refractivity contribution in [2.45, 2.75) is 26.5 Å². The first-order valence-corrected chi connectivity index (χ1v) is 7.82. The number of aliphatic hydroxyl groups excluding tert-OH is 1. The lowest BCUT2D eigenvalue weighted by molar-refractivity contribution is 0.0923. The molecule has 1 aromatic carbocycles. The lowest BCUT2D eigenvalue weighted by Crippen LogP contribution is -2.46. The van der Waals surface area contributed by atoms with E-state index in [-0.39, 0.29) is 6.10 Å². The first kappa shape index (κ1) is 14.6. The van der Waals surface area contributed by atoms with Gasteiger partial charge in [-0.1, -0.05) is 18.2 Å². The molecule has 1 aliphatic rings. The maximum Gasteiger partial charge on any atom is 0.0845 e. The molecule has 1 atom stereocenters. The van der Waals surface area contributed by atoms with Crippen LogP contribution in [0.4, 0.5) is 0 Å². The molecule has 1 fully saturated rings. The van der Waals surface area contributed by atoms with Gasteiger partial charge < -0.3 is 15.0 Å². The van der Waals surface area contributed by atoms with Crippen LogP contribution >= 0.6 is 0 Å². The van der Waals surface area contributed by atoms with Crippen molar-refractivity contribution in [1.82, 2.24) is 14.8 Å². The van der Waals surface area contributed by atoms with Crippen LogP contribution in [0.2, 0.25) is 0 Å². The van der Waals surface area contributed by atoms with E-state index in [1.165, 1.54) is 22.2 Å². The summed E-state index contributed by atoms with van der Waals surface area (Å²) in [5.41, 5.74) is 3.81. The molecule has 2 N–H and O–H groups in total. The van der Waals surface area contributed by atoms with Gasteiger partial charge in [0, 0.05) is 49.3 Å². The second-order valence-electron chi connectivity index (χ2n) is 6.04. The van der Waals surface area contributed by atoms with Gasteiger partial charge in [-0.3, -0.25) is 4.90 Å². The number of nitrogens with one attached hydrogen (secondary N) is 1. The number of piperazine rings is 1. The Kier molecular flexibility index (Phi) is 4.29. The van der Waals surface area contributed by atoms with E-state index in [9.17, 15) is 5.11 Å². The number of fused-ring (bicyclic) bond motifs is 1. The topological polar surface area (TPSA) is 40.4 Å². The Morgan fingerprint density at radius 3 is 2.62 bits per heavy atom. The van der Waals surface area contributed by atoms with Crippen LogP contribution < -0.4 is 5.32 Å². The maximum absolute atomic E-state index is 10.5. The number of hydrogen-bond donors (Lipinski definition) is 2. The molecule has 1 aromatic heterocycles. The van der Waals surface area contributed by atoms with Crippen molar-refractivity contribution < 1.29 is 5.11 Å². The molecule has 0 unspecified atom stereocenters. The van der Waals surface area contributed by atoms with Gasteiger partial charge in [-0.15, -0.1) is 0 Å². The van der Waals surface area contributed by atoms with Crippen LogP contribution in [0, 0.1) is 13.8 Å². The fourth-order valence-electron chi connectivity index (χ4n) is 3.30. The van der Waals surface area contributed by atoms with Crippen LogP contribution in [-0.4, -0.2) is 53.4 Å². The standard InChI is InChI=1S/C17H25N3O/c1-13-14(2)20(17-6-4-3-5-16(13)17)12-15(21)11-19-9-7-18-8-10-19/h3-6,15,18,21H,7-12H2,1-2H3/t15-/m1/s1. The second kappa shape index (κ2) is 6.18. The molecule has 4 heteroatoms. The zero-order chi connectivity index (χ0) is 14.8. The highest BCUT2D eigenvalue weighted by atomic mass is 16.3. The maximum atomic E-state index is 10.5. The Hall–Kier alpha value is -1.36. The van der Waals surface area contributed by atoms with Gasteiger partial charge in [0.2, 0.25) is 0 Å². The van der Waals surface area contributed by atoms with Gasteiger partial charge in [-0.25, -0.2) is 0 Å². The van der Waals surface area contributed by atoms with Crippen LogP contribution in [0.25, 0.3) is 10.9 Å². The van der Waals surface area contributed by atoms with Crippen molar-refractivity contribution in [2.75, 3.05) is 32.7 Å². The van der Waals surface area contributed by atoms with Gasteiger partial charge in [0.15, 0.2) is 0 Å². The molecule has 4 nitrogen and oxygen atoms in total. The van der Waals surface area contributed by atoms with E-state index >= 15 is 0 Å². The fraction of sp³-hybridized carbons (Fsp3) is 0.529. The molecule has 3 rings (SSSR count). The number of rotatable bonds is 4. The van der Waals surface area contributed by atoms with E-state index in [0.29, 0.717) is 6.54 Å². The number of β-amino-alcohol motifs (C(OH)–C–C–N with tert-alkyl or cyclic N) is 1.